The van der Waals surface area contributed by atoms with Crippen molar-refractivity contribution in [2.45, 2.75) is 33.7 Å². The van der Waals surface area contributed by atoms with Crippen LogP contribution in [0.15, 0.2) is 69.6 Å². The molecule has 1 unspecified atom stereocenters. The summed E-state index contributed by atoms with van der Waals surface area (Å²) in [7, 11) is 3.07. The normalized spacial score (nSPS) is 15.0. The average Bonchev–Trinajstić information content (AvgIpc) is 3.41. The Morgan fingerprint density at radius 2 is 1.76 bits per heavy atom. The average molecular weight is 576 g/mol. The third-order valence-corrected chi connectivity index (χ3v) is 8.07. The van der Waals surface area contributed by atoms with Crippen LogP contribution < -0.4 is 24.4 Å². The zero-order valence-electron chi connectivity index (χ0n) is 23.6. The van der Waals surface area contributed by atoms with E-state index < -0.39 is 12.0 Å². The lowest BCUT2D eigenvalue weighted by atomic mass is 9.95. The number of ether oxygens (including phenoxy) is 3. The molecule has 0 radical (unpaired) electrons. The minimum Gasteiger partial charge on any atom is -0.493 e. The van der Waals surface area contributed by atoms with Gasteiger partial charge in [-0.15, -0.1) is 0 Å². The molecule has 1 aliphatic rings. The highest BCUT2D eigenvalue weighted by molar-refractivity contribution is 7.07. The molecule has 2 aromatic carbocycles. The van der Waals surface area contributed by atoms with E-state index in [0.29, 0.717) is 32.1 Å². The number of carbonyl (C=O) groups is 1. The summed E-state index contributed by atoms with van der Waals surface area (Å²) in [5.41, 5.74) is 4.65. The molecule has 3 heterocycles. The predicted molar refractivity (Wildman–Crippen MR) is 155 cm³/mol. The van der Waals surface area contributed by atoms with Gasteiger partial charge in [0.05, 0.1) is 42.7 Å². The van der Waals surface area contributed by atoms with Crippen LogP contribution in [0.1, 0.15) is 42.4 Å². The van der Waals surface area contributed by atoms with Crippen molar-refractivity contribution in [3.05, 3.63) is 108 Å². The first-order valence-electron chi connectivity index (χ1n) is 13.0. The van der Waals surface area contributed by atoms with E-state index >= 15 is 0 Å². The Balaban J connectivity index is 1.70. The summed E-state index contributed by atoms with van der Waals surface area (Å²) < 4.78 is 33.8. The van der Waals surface area contributed by atoms with Crippen molar-refractivity contribution >= 4 is 23.4 Å². The number of aromatic nitrogens is 2. The lowest BCUT2D eigenvalue weighted by Gasteiger charge is -2.25. The Labute approximate surface area is 240 Å². The lowest BCUT2D eigenvalue weighted by molar-refractivity contribution is -0.139. The molecule has 8 nitrogen and oxygen atoms in total. The Hall–Kier alpha value is -4.44. The maximum atomic E-state index is 14.0. The van der Waals surface area contributed by atoms with Gasteiger partial charge in [0.1, 0.15) is 5.82 Å². The highest BCUT2D eigenvalue weighted by atomic mass is 32.1. The van der Waals surface area contributed by atoms with Crippen molar-refractivity contribution in [3.63, 3.8) is 0 Å². The third-order valence-electron chi connectivity index (χ3n) is 7.08. The van der Waals surface area contributed by atoms with Crippen molar-refractivity contribution in [2.75, 3.05) is 20.8 Å². The highest BCUT2D eigenvalue weighted by Gasteiger charge is 2.34. The number of allylic oxidation sites excluding steroid dienone is 1. The van der Waals surface area contributed by atoms with Gasteiger partial charge in [0, 0.05) is 17.1 Å². The zero-order valence-corrected chi connectivity index (χ0v) is 24.5. The number of benzene rings is 2. The Kier molecular flexibility index (Phi) is 7.68. The molecule has 41 heavy (non-hydrogen) atoms. The van der Waals surface area contributed by atoms with E-state index in [9.17, 15) is 14.0 Å². The smallest absolute Gasteiger partial charge is 0.338 e. The van der Waals surface area contributed by atoms with Crippen LogP contribution in [0.25, 0.3) is 11.8 Å². The number of hydrogen-bond acceptors (Lipinski definition) is 7. The molecule has 0 N–H and O–H groups in total. The molecule has 0 aliphatic carbocycles. The molecular weight excluding hydrogens is 545 g/mol. The number of nitrogens with zero attached hydrogens (tertiary/aromatic N) is 3. The van der Waals surface area contributed by atoms with Gasteiger partial charge in [-0.1, -0.05) is 17.4 Å². The van der Waals surface area contributed by atoms with Gasteiger partial charge in [0.15, 0.2) is 16.3 Å². The van der Waals surface area contributed by atoms with E-state index in [1.807, 2.05) is 30.6 Å². The second-order valence-corrected chi connectivity index (χ2v) is 10.6. The Morgan fingerprint density at radius 1 is 1.05 bits per heavy atom. The van der Waals surface area contributed by atoms with E-state index in [4.69, 9.17) is 14.2 Å². The molecule has 0 bridgehead atoms. The number of methoxy groups -OCH3 is 2. The molecule has 0 saturated carbocycles. The maximum Gasteiger partial charge on any atom is 0.338 e. The SMILES string of the molecule is CCOC(=O)C1=C(C)N=c2sc(=Cc3cc(C)n(-c4ccc(F)cc4)c3C)c(=O)n2C1c1ccc(OC)c(OC)c1. The van der Waals surface area contributed by atoms with Gasteiger partial charge in [0.2, 0.25) is 0 Å². The van der Waals surface area contributed by atoms with Crippen LogP contribution in [0.2, 0.25) is 0 Å². The molecule has 2 aromatic heterocycles. The monoisotopic (exact) mass is 575 g/mol. The number of thiazole rings is 1. The van der Waals surface area contributed by atoms with Gasteiger partial charge in [-0.05, 0) is 87.4 Å². The number of esters is 1. The summed E-state index contributed by atoms with van der Waals surface area (Å²) in [5.74, 6) is 0.154. The molecule has 1 aliphatic heterocycles. The number of hydrogen-bond donors (Lipinski definition) is 0. The number of carbonyl (C=O) groups excluding carboxylic acids is 1. The fourth-order valence-electron chi connectivity index (χ4n) is 5.19. The van der Waals surface area contributed by atoms with Crippen LogP contribution in [-0.4, -0.2) is 35.9 Å². The van der Waals surface area contributed by atoms with Crippen molar-refractivity contribution in [2.24, 2.45) is 4.99 Å². The summed E-state index contributed by atoms with van der Waals surface area (Å²) in [6, 6.07) is 12.8. The summed E-state index contributed by atoms with van der Waals surface area (Å²) in [6.45, 7) is 7.57. The Morgan fingerprint density at radius 3 is 2.41 bits per heavy atom. The topological polar surface area (TPSA) is 84.1 Å². The van der Waals surface area contributed by atoms with E-state index in [1.54, 1.807) is 51.3 Å². The van der Waals surface area contributed by atoms with Crippen LogP contribution in [0, 0.1) is 19.7 Å². The standard InChI is InChI=1S/C31H30FN3O5S/c1-7-40-30(37)27-18(3)33-31-35(28(27)20-8-13-24(38-5)25(15-20)39-6)29(36)26(41-31)16-21-14-17(2)34(19(21)4)23-11-9-22(32)10-12-23/h8-16,28H,7H2,1-6H3. The largest absolute Gasteiger partial charge is 0.493 e. The van der Waals surface area contributed by atoms with Crippen molar-refractivity contribution in [3.8, 4) is 17.2 Å². The first-order valence-corrected chi connectivity index (χ1v) is 13.9. The minimum atomic E-state index is -0.779. The third kappa shape index (κ3) is 4.99. The zero-order chi connectivity index (χ0) is 29.4. The van der Waals surface area contributed by atoms with E-state index in [0.717, 1.165) is 22.6 Å². The number of aryl methyl sites for hydroxylation is 1. The second kappa shape index (κ2) is 11.2. The Bertz CT molecular complexity index is 1860. The fraction of sp³-hybridized carbons (Fsp3) is 0.258. The van der Waals surface area contributed by atoms with E-state index in [2.05, 4.69) is 4.99 Å². The van der Waals surface area contributed by atoms with Crippen molar-refractivity contribution < 1.29 is 23.4 Å². The molecule has 10 heteroatoms. The van der Waals surface area contributed by atoms with Gasteiger partial charge in [-0.3, -0.25) is 9.36 Å². The molecule has 0 spiro atoms. The first kappa shape index (κ1) is 28.1. The molecule has 5 rings (SSSR count). The van der Waals surface area contributed by atoms with Gasteiger partial charge in [0.25, 0.3) is 5.56 Å². The predicted octanol–water partition coefficient (Wildman–Crippen LogP) is 4.36. The number of halogens is 1. The van der Waals surface area contributed by atoms with Crippen molar-refractivity contribution in [1.82, 2.24) is 9.13 Å². The van der Waals surface area contributed by atoms with Crippen LogP contribution in [0.3, 0.4) is 0 Å². The summed E-state index contributed by atoms with van der Waals surface area (Å²) in [6.07, 6.45) is 1.83. The van der Waals surface area contributed by atoms with Gasteiger partial charge in [-0.25, -0.2) is 14.2 Å². The van der Waals surface area contributed by atoms with Crippen LogP contribution in [0.5, 0.6) is 11.5 Å². The number of rotatable bonds is 7. The first-order chi connectivity index (χ1) is 19.7. The molecule has 0 amide bonds. The summed E-state index contributed by atoms with van der Waals surface area (Å²) in [4.78, 5) is 32.3. The van der Waals surface area contributed by atoms with Gasteiger partial charge in [-0.2, -0.15) is 0 Å². The number of fused-ring (bicyclic) bond motifs is 1. The molecule has 0 fully saturated rings. The quantitative estimate of drug-likeness (QED) is 0.306. The highest BCUT2D eigenvalue weighted by Crippen LogP contribution is 2.36. The molecule has 4 aromatic rings. The van der Waals surface area contributed by atoms with E-state index in [1.165, 1.54) is 35.1 Å². The van der Waals surface area contributed by atoms with Crippen LogP contribution in [-0.2, 0) is 9.53 Å². The van der Waals surface area contributed by atoms with Gasteiger partial charge < -0.3 is 18.8 Å². The summed E-state index contributed by atoms with van der Waals surface area (Å²) in [5, 5.41) is 0. The van der Waals surface area contributed by atoms with Gasteiger partial charge >= 0.3 is 5.97 Å². The molecule has 212 valence electrons. The van der Waals surface area contributed by atoms with Crippen molar-refractivity contribution in [1.29, 1.82) is 0 Å². The molecule has 0 saturated heterocycles. The second-order valence-electron chi connectivity index (χ2n) is 9.55. The maximum absolute atomic E-state index is 14.0. The van der Waals surface area contributed by atoms with E-state index in [-0.39, 0.29) is 23.6 Å². The molecule has 1 atom stereocenters. The van der Waals surface area contributed by atoms with Crippen LogP contribution >= 0.6 is 11.3 Å². The molecular formula is C31H30FN3O5S. The van der Waals surface area contributed by atoms with Crippen LogP contribution in [0.4, 0.5) is 4.39 Å². The fourth-order valence-corrected chi connectivity index (χ4v) is 6.23. The minimum absolute atomic E-state index is 0.183. The summed E-state index contributed by atoms with van der Waals surface area (Å²) >= 11 is 1.25. The lowest BCUT2D eigenvalue weighted by Crippen LogP contribution is -2.40.